The van der Waals surface area contributed by atoms with Crippen molar-refractivity contribution in [3.8, 4) is 0 Å². The second kappa shape index (κ2) is 6.92. The zero-order chi connectivity index (χ0) is 15.6. The Balaban J connectivity index is 2.28. The molecule has 0 saturated heterocycles. The van der Waals surface area contributed by atoms with Gasteiger partial charge in [-0.25, -0.2) is 4.79 Å². The zero-order valence-corrected chi connectivity index (χ0v) is 14.4. The number of benzene rings is 2. The van der Waals surface area contributed by atoms with E-state index >= 15 is 0 Å². The van der Waals surface area contributed by atoms with Crippen LogP contribution in [0.25, 0.3) is 0 Å². The molecule has 2 aromatic carbocycles. The van der Waals surface area contributed by atoms with E-state index in [9.17, 15) is 9.00 Å². The first-order valence-corrected chi connectivity index (χ1v) is 8.60. The number of hydrogen-bond acceptors (Lipinski definition) is 2. The first-order valence-electron chi connectivity index (χ1n) is 5.73. The molecule has 0 aromatic heterocycles. The van der Waals surface area contributed by atoms with E-state index in [4.69, 9.17) is 28.3 Å². The lowest BCUT2D eigenvalue weighted by Crippen LogP contribution is -2.02. The fourth-order valence-electron chi connectivity index (χ4n) is 1.67. The molecule has 0 saturated carbocycles. The number of carbonyl (C=O) groups is 1. The number of halogens is 3. The van der Waals surface area contributed by atoms with Crippen LogP contribution in [0.2, 0.25) is 10.0 Å². The van der Waals surface area contributed by atoms with Crippen LogP contribution in [0.3, 0.4) is 0 Å². The molecule has 2 rings (SSSR count). The summed E-state index contributed by atoms with van der Waals surface area (Å²) < 4.78 is 13.2. The van der Waals surface area contributed by atoms with Crippen LogP contribution >= 0.6 is 39.1 Å². The molecule has 2 aromatic rings. The van der Waals surface area contributed by atoms with Crippen LogP contribution in [0.5, 0.6) is 0 Å². The van der Waals surface area contributed by atoms with Crippen molar-refractivity contribution in [1.82, 2.24) is 0 Å². The van der Waals surface area contributed by atoms with Crippen molar-refractivity contribution in [3.63, 3.8) is 0 Å². The summed E-state index contributed by atoms with van der Waals surface area (Å²) >= 11 is 15.2. The van der Waals surface area contributed by atoms with Gasteiger partial charge in [-0.05, 0) is 35.9 Å². The van der Waals surface area contributed by atoms with Crippen molar-refractivity contribution >= 4 is 55.9 Å². The molecular formula is C14H9BrCl2O3S. The topological polar surface area (TPSA) is 54.4 Å². The van der Waals surface area contributed by atoms with Crippen molar-refractivity contribution in [3.05, 3.63) is 62.0 Å². The molecule has 7 heteroatoms. The molecule has 1 unspecified atom stereocenters. The van der Waals surface area contributed by atoms with Gasteiger partial charge in [0, 0.05) is 14.4 Å². The SMILES string of the molecule is O=C(O)c1cc(S(=O)Cc2ccc(Br)cc2Cl)ccc1Cl. The summed E-state index contributed by atoms with van der Waals surface area (Å²) in [6, 6.07) is 9.62. The summed E-state index contributed by atoms with van der Waals surface area (Å²) in [7, 11) is -1.41. The van der Waals surface area contributed by atoms with Crippen molar-refractivity contribution < 1.29 is 14.1 Å². The summed E-state index contributed by atoms with van der Waals surface area (Å²) in [4.78, 5) is 11.4. The van der Waals surface area contributed by atoms with E-state index < -0.39 is 16.8 Å². The van der Waals surface area contributed by atoms with Gasteiger partial charge in [0.1, 0.15) is 0 Å². The van der Waals surface area contributed by atoms with Crippen molar-refractivity contribution in [2.24, 2.45) is 0 Å². The molecule has 0 amide bonds. The van der Waals surface area contributed by atoms with Gasteiger partial charge in [0.05, 0.1) is 27.1 Å². The highest BCUT2D eigenvalue weighted by molar-refractivity contribution is 9.10. The lowest BCUT2D eigenvalue weighted by atomic mass is 10.2. The lowest BCUT2D eigenvalue weighted by molar-refractivity contribution is 0.0697. The molecule has 0 aliphatic rings. The molecule has 0 bridgehead atoms. The smallest absolute Gasteiger partial charge is 0.337 e. The minimum atomic E-state index is -1.41. The second-order valence-corrected chi connectivity index (χ2v) is 7.35. The average Bonchev–Trinajstić information content (AvgIpc) is 2.42. The van der Waals surface area contributed by atoms with Crippen LogP contribution in [-0.4, -0.2) is 15.3 Å². The van der Waals surface area contributed by atoms with Gasteiger partial charge in [-0.2, -0.15) is 0 Å². The standard InChI is InChI=1S/C14H9BrCl2O3S/c15-9-2-1-8(13(17)5-9)7-21(20)10-3-4-12(16)11(6-10)14(18)19/h1-6H,7H2,(H,18,19). The molecule has 3 nitrogen and oxygen atoms in total. The molecule has 1 atom stereocenters. The molecule has 110 valence electrons. The Morgan fingerprint density at radius 3 is 2.48 bits per heavy atom. The highest BCUT2D eigenvalue weighted by Crippen LogP contribution is 2.25. The summed E-state index contributed by atoms with van der Waals surface area (Å²) in [5.74, 6) is -0.951. The first-order chi connectivity index (χ1) is 9.88. The Morgan fingerprint density at radius 1 is 1.14 bits per heavy atom. The van der Waals surface area contributed by atoms with E-state index in [-0.39, 0.29) is 16.3 Å². The van der Waals surface area contributed by atoms with Crippen LogP contribution in [0.1, 0.15) is 15.9 Å². The van der Waals surface area contributed by atoms with Crippen molar-refractivity contribution in [2.75, 3.05) is 0 Å². The number of carboxylic acid groups (broad SMARTS) is 1. The van der Waals surface area contributed by atoms with E-state index in [1.165, 1.54) is 12.1 Å². The molecule has 0 fully saturated rings. The minimum Gasteiger partial charge on any atom is -0.478 e. The molecule has 0 heterocycles. The summed E-state index contributed by atoms with van der Waals surface area (Å²) in [6.45, 7) is 0. The van der Waals surface area contributed by atoms with Crippen LogP contribution < -0.4 is 0 Å². The Labute approximate surface area is 142 Å². The number of rotatable bonds is 4. The summed E-state index contributed by atoms with van der Waals surface area (Å²) in [6.07, 6.45) is 0. The largest absolute Gasteiger partial charge is 0.478 e. The maximum Gasteiger partial charge on any atom is 0.337 e. The van der Waals surface area contributed by atoms with Gasteiger partial charge < -0.3 is 5.11 Å². The van der Waals surface area contributed by atoms with Crippen LogP contribution in [0, 0.1) is 0 Å². The van der Waals surface area contributed by atoms with Gasteiger partial charge in [0.15, 0.2) is 0 Å². The number of hydrogen-bond donors (Lipinski definition) is 1. The van der Waals surface area contributed by atoms with E-state index in [0.29, 0.717) is 9.92 Å². The Hall–Kier alpha value is -0.880. The fraction of sp³-hybridized carbons (Fsp3) is 0.0714. The van der Waals surface area contributed by atoms with E-state index in [2.05, 4.69) is 15.9 Å². The van der Waals surface area contributed by atoms with Crippen molar-refractivity contribution in [2.45, 2.75) is 10.6 Å². The fourth-order valence-corrected chi connectivity index (χ4v) is 3.86. The van der Waals surface area contributed by atoms with Crippen LogP contribution in [0.4, 0.5) is 0 Å². The maximum absolute atomic E-state index is 12.3. The van der Waals surface area contributed by atoms with Crippen LogP contribution in [0.15, 0.2) is 45.8 Å². The number of carboxylic acids is 1. The van der Waals surface area contributed by atoms with Gasteiger partial charge in [0.25, 0.3) is 0 Å². The Kier molecular flexibility index (Phi) is 5.43. The zero-order valence-electron chi connectivity index (χ0n) is 10.5. The highest BCUT2D eigenvalue weighted by atomic mass is 79.9. The molecule has 21 heavy (non-hydrogen) atoms. The molecule has 0 aliphatic carbocycles. The van der Waals surface area contributed by atoms with Gasteiger partial charge >= 0.3 is 5.97 Å². The van der Waals surface area contributed by atoms with Gasteiger partial charge in [-0.3, -0.25) is 4.21 Å². The first kappa shape index (κ1) is 16.5. The predicted octanol–water partition coefficient (Wildman–Crippen LogP) is 4.76. The second-order valence-electron chi connectivity index (χ2n) is 4.17. The Morgan fingerprint density at radius 2 is 1.86 bits per heavy atom. The van der Waals surface area contributed by atoms with Gasteiger partial charge in [0.2, 0.25) is 0 Å². The van der Waals surface area contributed by atoms with Gasteiger partial charge in [-0.1, -0.05) is 45.2 Å². The third-order valence-electron chi connectivity index (χ3n) is 2.73. The lowest BCUT2D eigenvalue weighted by Gasteiger charge is -2.07. The van der Waals surface area contributed by atoms with E-state index in [0.717, 1.165) is 10.0 Å². The van der Waals surface area contributed by atoms with Crippen molar-refractivity contribution in [1.29, 1.82) is 0 Å². The molecule has 0 aliphatic heterocycles. The third-order valence-corrected chi connectivity index (χ3v) is 5.26. The summed E-state index contributed by atoms with van der Waals surface area (Å²) in [5, 5.41) is 9.65. The third kappa shape index (κ3) is 4.07. The average molecular weight is 408 g/mol. The Bertz CT molecular complexity index is 734. The number of aromatic carboxylic acids is 1. The highest BCUT2D eigenvalue weighted by Gasteiger charge is 2.14. The van der Waals surface area contributed by atoms with Gasteiger partial charge in [-0.15, -0.1) is 0 Å². The molecule has 0 radical (unpaired) electrons. The molecular weight excluding hydrogens is 399 g/mol. The predicted molar refractivity (Wildman–Crippen MR) is 87.7 cm³/mol. The monoisotopic (exact) mass is 406 g/mol. The maximum atomic E-state index is 12.3. The normalized spacial score (nSPS) is 12.1. The molecule has 1 N–H and O–H groups in total. The molecule has 0 spiro atoms. The summed E-state index contributed by atoms with van der Waals surface area (Å²) in [5.41, 5.74) is 0.662. The van der Waals surface area contributed by atoms with E-state index in [1.807, 2.05) is 6.07 Å². The quantitative estimate of drug-likeness (QED) is 0.794. The minimum absolute atomic E-state index is 0.0654. The van der Waals surface area contributed by atoms with E-state index in [1.54, 1.807) is 18.2 Å². The van der Waals surface area contributed by atoms with Crippen LogP contribution in [-0.2, 0) is 16.6 Å².